The number of hydrazone groups is 1. The van der Waals surface area contributed by atoms with Crippen LogP contribution in [0.5, 0.6) is 0 Å². The lowest BCUT2D eigenvalue weighted by atomic mass is 10.3. The molecule has 2 aromatic rings. The van der Waals surface area contributed by atoms with Gasteiger partial charge in [-0.3, -0.25) is 4.79 Å². The Morgan fingerprint density at radius 2 is 2.21 bits per heavy atom. The second-order valence-electron chi connectivity index (χ2n) is 5.08. The number of hydrogen-bond acceptors (Lipinski definition) is 6. The molecule has 0 aromatic carbocycles. The van der Waals surface area contributed by atoms with Gasteiger partial charge in [0.1, 0.15) is 0 Å². The maximum Gasteiger partial charge on any atom is 0.390 e. The van der Waals surface area contributed by atoms with E-state index in [0.29, 0.717) is 11.4 Å². The zero-order valence-corrected chi connectivity index (χ0v) is 13.4. The highest BCUT2D eigenvalue weighted by atomic mass is 19.1. The fourth-order valence-electron chi connectivity index (χ4n) is 2.03. The van der Waals surface area contributed by atoms with E-state index in [-0.39, 0.29) is 24.3 Å². The van der Waals surface area contributed by atoms with Crippen LogP contribution in [0.25, 0.3) is 0 Å². The summed E-state index contributed by atoms with van der Waals surface area (Å²) in [7, 11) is 1.46. The summed E-state index contributed by atoms with van der Waals surface area (Å²) in [6, 6.07) is 1.32. The summed E-state index contributed by atoms with van der Waals surface area (Å²) in [5.74, 6) is -1.25. The van der Waals surface area contributed by atoms with Gasteiger partial charge in [-0.25, -0.2) is 10.1 Å². The van der Waals surface area contributed by atoms with Crippen molar-refractivity contribution in [3.05, 3.63) is 39.1 Å². The van der Waals surface area contributed by atoms with Gasteiger partial charge in [-0.2, -0.15) is 19.3 Å². The topological polar surface area (TPSA) is 120 Å². The highest BCUT2D eigenvalue weighted by molar-refractivity contribution is 5.83. The molecular formula is C13H16FN7O3. The maximum absolute atomic E-state index is 13.7. The van der Waals surface area contributed by atoms with Crippen LogP contribution in [0.1, 0.15) is 23.4 Å². The Kier molecular flexibility index (Phi) is 5.02. The van der Waals surface area contributed by atoms with Crippen LogP contribution in [0, 0.1) is 29.9 Å². The van der Waals surface area contributed by atoms with E-state index < -0.39 is 16.8 Å². The summed E-state index contributed by atoms with van der Waals surface area (Å²) in [5.41, 5.74) is 3.48. The lowest BCUT2D eigenvalue weighted by Crippen LogP contribution is -2.20. The second kappa shape index (κ2) is 6.98. The smallest absolute Gasteiger partial charge is 0.358 e. The number of carbonyl (C=O) groups is 1. The molecule has 0 saturated heterocycles. The molecule has 2 heterocycles. The molecule has 0 atom stereocenters. The van der Waals surface area contributed by atoms with Crippen LogP contribution in [0.2, 0.25) is 0 Å². The van der Waals surface area contributed by atoms with Gasteiger partial charge in [-0.1, -0.05) is 0 Å². The van der Waals surface area contributed by atoms with E-state index in [1.165, 1.54) is 24.0 Å². The molecule has 0 aliphatic heterocycles. The Hall–Kier alpha value is -3.11. The molecule has 1 amide bonds. The predicted molar refractivity (Wildman–Crippen MR) is 81.9 cm³/mol. The van der Waals surface area contributed by atoms with Crippen molar-refractivity contribution >= 4 is 17.9 Å². The van der Waals surface area contributed by atoms with Gasteiger partial charge in [0.05, 0.1) is 40.9 Å². The number of amides is 1. The number of nitrogens with one attached hydrogen (secondary N) is 1. The van der Waals surface area contributed by atoms with Crippen molar-refractivity contribution in [3.63, 3.8) is 0 Å². The van der Waals surface area contributed by atoms with Crippen LogP contribution in [0.15, 0.2) is 11.2 Å². The molecule has 24 heavy (non-hydrogen) atoms. The highest BCUT2D eigenvalue weighted by Gasteiger charge is 2.16. The third-order valence-electron chi connectivity index (χ3n) is 3.29. The van der Waals surface area contributed by atoms with Gasteiger partial charge >= 0.3 is 5.82 Å². The Labute approximate surface area is 136 Å². The average Bonchev–Trinajstić information content (AvgIpc) is 3.00. The number of aryl methyl sites for hydroxylation is 4. The second-order valence-corrected chi connectivity index (χ2v) is 5.08. The average molecular weight is 337 g/mol. The molecule has 0 fully saturated rings. The summed E-state index contributed by atoms with van der Waals surface area (Å²) in [6.07, 6.45) is 1.20. The van der Waals surface area contributed by atoms with Gasteiger partial charge in [-0.05, 0) is 18.8 Å². The van der Waals surface area contributed by atoms with Gasteiger partial charge in [0, 0.05) is 13.5 Å². The standard InChI is InChI=1S/C13H16FN7O3/c1-8-6-11(21(23)24)18-20(8)5-4-12(22)16-15-7-10-9(2)17-19(3)13(10)14/h6-7H,4-5H2,1-3H3,(H,16,22). The number of nitro groups is 1. The van der Waals surface area contributed by atoms with Crippen molar-refractivity contribution in [3.8, 4) is 0 Å². The third kappa shape index (κ3) is 3.80. The van der Waals surface area contributed by atoms with E-state index >= 15 is 0 Å². The van der Waals surface area contributed by atoms with Gasteiger partial charge in [0.2, 0.25) is 11.9 Å². The van der Waals surface area contributed by atoms with Crippen LogP contribution in [0.4, 0.5) is 10.2 Å². The minimum absolute atomic E-state index is 0.0194. The zero-order chi connectivity index (χ0) is 17.9. The summed E-state index contributed by atoms with van der Waals surface area (Å²) < 4.78 is 16.1. The van der Waals surface area contributed by atoms with E-state index in [1.54, 1.807) is 13.8 Å². The number of nitrogens with zero attached hydrogens (tertiary/aromatic N) is 6. The quantitative estimate of drug-likeness (QED) is 0.475. The van der Waals surface area contributed by atoms with Crippen molar-refractivity contribution in [2.45, 2.75) is 26.8 Å². The van der Waals surface area contributed by atoms with Gasteiger partial charge in [0.25, 0.3) is 0 Å². The molecule has 1 N–H and O–H groups in total. The normalized spacial score (nSPS) is 11.2. The van der Waals surface area contributed by atoms with Gasteiger partial charge in [0.15, 0.2) is 0 Å². The summed E-state index contributed by atoms with van der Waals surface area (Å²) >= 11 is 0. The molecule has 11 heteroatoms. The largest absolute Gasteiger partial charge is 0.390 e. The van der Waals surface area contributed by atoms with Gasteiger partial charge in [-0.15, -0.1) is 0 Å². The van der Waals surface area contributed by atoms with Crippen molar-refractivity contribution < 1.29 is 14.1 Å². The molecule has 128 valence electrons. The molecule has 2 aromatic heterocycles. The minimum Gasteiger partial charge on any atom is -0.358 e. The summed E-state index contributed by atoms with van der Waals surface area (Å²) in [5, 5.41) is 22.0. The maximum atomic E-state index is 13.7. The third-order valence-corrected chi connectivity index (χ3v) is 3.29. The highest BCUT2D eigenvalue weighted by Crippen LogP contribution is 2.11. The summed E-state index contributed by atoms with van der Waals surface area (Å²) in [4.78, 5) is 21.8. The molecule has 0 bridgehead atoms. The van der Waals surface area contributed by atoms with Crippen molar-refractivity contribution in [2.75, 3.05) is 0 Å². The lowest BCUT2D eigenvalue weighted by Gasteiger charge is -1.99. The number of halogens is 1. The van der Waals surface area contributed by atoms with Crippen LogP contribution in [-0.2, 0) is 18.4 Å². The first-order valence-corrected chi connectivity index (χ1v) is 6.99. The Morgan fingerprint density at radius 1 is 1.50 bits per heavy atom. The van der Waals surface area contributed by atoms with E-state index in [2.05, 4.69) is 20.7 Å². The van der Waals surface area contributed by atoms with Crippen molar-refractivity contribution in [1.82, 2.24) is 25.0 Å². The predicted octanol–water partition coefficient (Wildman–Crippen LogP) is 0.821. The molecule has 0 spiro atoms. The van der Waals surface area contributed by atoms with Crippen LogP contribution < -0.4 is 5.43 Å². The molecule has 0 saturated carbocycles. The SMILES string of the molecule is Cc1nn(C)c(F)c1C=NNC(=O)CCn1nc([N+](=O)[O-])cc1C. The first kappa shape index (κ1) is 17.2. The minimum atomic E-state index is -0.599. The van der Waals surface area contributed by atoms with Gasteiger partial charge < -0.3 is 10.1 Å². The number of rotatable bonds is 6. The molecule has 0 aliphatic carbocycles. The number of carbonyl (C=O) groups excluding carboxylic acids is 1. The summed E-state index contributed by atoms with van der Waals surface area (Å²) in [6.45, 7) is 3.45. The van der Waals surface area contributed by atoms with Crippen molar-refractivity contribution in [1.29, 1.82) is 0 Å². The molecular weight excluding hydrogens is 321 g/mol. The van der Waals surface area contributed by atoms with Crippen molar-refractivity contribution in [2.24, 2.45) is 12.1 Å². The van der Waals surface area contributed by atoms with E-state index in [1.807, 2.05) is 0 Å². The molecule has 0 aliphatic rings. The number of hydrogen-bond donors (Lipinski definition) is 1. The van der Waals surface area contributed by atoms with Crippen LogP contribution in [0.3, 0.4) is 0 Å². The van der Waals surface area contributed by atoms with E-state index in [4.69, 9.17) is 0 Å². The zero-order valence-electron chi connectivity index (χ0n) is 13.4. The number of aromatic nitrogens is 4. The first-order chi connectivity index (χ1) is 11.3. The van der Waals surface area contributed by atoms with Crippen LogP contribution >= 0.6 is 0 Å². The fraction of sp³-hybridized carbons (Fsp3) is 0.385. The van der Waals surface area contributed by atoms with E-state index in [9.17, 15) is 19.3 Å². The molecule has 10 nitrogen and oxygen atoms in total. The molecule has 0 radical (unpaired) electrons. The molecule has 2 rings (SSSR count). The Balaban J connectivity index is 1.90. The first-order valence-electron chi connectivity index (χ1n) is 6.99. The Bertz CT molecular complexity index is 809. The lowest BCUT2D eigenvalue weighted by molar-refractivity contribution is -0.389. The van der Waals surface area contributed by atoms with Crippen LogP contribution in [-0.4, -0.2) is 36.6 Å². The van der Waals surface area contributed by atoms with E-state index in [0.717, 1.165) is 4.68 Å². The monoisotopic (exact) mass is 337 g/mol. The fourth-order valence-corrected chi connectivity index (χ4v) is 2.03. The Morgan fingerprint density at radius 3 is 2.75 bits per heavy atom. The molecule has 0 unspecified atom stereocenters.